The Kier molecular flexibility index (Phi) is 7.01. The van der Waals surface area contributed by atoms with Crippen molar-refractivity contribution in [3.8, 4) is 17.0 Å². The highest BCUT2D eigenvalue weighted by Crippen LogP contribution is 2.42. The Labute approximate surface area is 195 Å². The minimum absolute atomic E-state index is 0.00172. The Morgan fingerprint density at radius 3 is 2.32 bits per heavy atom. The maximum atomic E-state index is 13.5. The van der Waals surface area contributed by atoms with Gasteiger partial charge in [-0.1, -0.05) is 20.8 Å². The van der Waals surface area contributed by atoms with E-state index in [-0.39, 0.29) is 30.1 Å². The van der Waals surface area contributed by atoms with Crippen molar-refractivity contribution in [2.45, 2.75) is 55.5 Å². The third kappa shape index (κ3) is 5.35. The van der Waals surface area contributed by atoms with E-state index in [2.05, 4.69) is 9.72 Å². The number of aliphatic carboxylic acids is 1. The van der Waals surface area contributed by atoms with Crippen molar-refractivity contribution < 1.29 is 41.0 Å². The summed E-state index contributed by atoms with van der Waals surface area (Å²) < 4.78 is 72.1. The van der Waals surface area contributed by atoms with Gasteiger partial charge in [0.15, 0.2) is 21.2 Å². The Balaban J connectivity index is 1.86. The molecule has 186 valence electrons. The van der Waals surface area contributed by atoms with Gasteiger partial charge in [0, 0.05) is 31.2 Å². The number of rotatable bonds is 6. The Morgan fingerprint density at radius 1 is 1.18 bits per heavy atom. The first kappa shape index (κ1) is 26.0. The molecule has 2 atom stereocenters. The van der Waals surface area contributed by atoms with Gasteiger partial charge in [-0.2, -0.15) is 13.2 Å². The van der Waals surface area contributed by atoms with Gasteiger partial charge >= 0.3 is 12.1 Å². The topological polar surface area (TPSA) is 103 Å². The monoisotopic (exact) mass is 501 g/mol. The van der Waals surface area contributed by atoms with Gasteiger partial charge in [0.2, 0.25) is 0 Å². The lowest BCUT2D eigenvalue weighted by Crippen LogP contribution is -2.55. The second-order valence-electron chi connectivity index (χ2n) is 9.29. The van der Waals surface area contributed by atoms with E-state index in [1.807, 2.05) is 20.8 Å². The van der Waals surface area contributed by atoms with Crippen LogP contribution in [0, 0.1) is 5.41 Å². The average molecular weight is 502 g/mol. The van der Waals surface area contributed by atoms with Crippen LogP contribution in [-0.4, -0.2) is 54.7 Å². The van der Waals surface area contributed by atoms with Crippen LogP contribution in [0.1, 0.15) is 33.6 Å². The zero-order valence-electron chi connectivity index (χ0n) is 18.9. The number of carboxylic acid groups (broad SMARTS) is 1. The summed E-state index contributed by atoms with van der Waals surface area (Å²) in [6.45, 7) is 4.17. The fraction of sp³-hybridized carbons (Fsp3) is 0.478. The number of nitrogens with zero attached hydrogens (tertiary/aromatic N) is 1. The van der Waals surface area contributed by atoms with Crippen molar-refractivity contribution in [3.05, 3.63) is 42.6 Å². The number of alkyl halides is 3. The number of benzene rings is 1. The van der Waals surface area contributed by atoms with Crippen molar-refractivity contribution in [3.63, 3.8) is 0 Å². The SMILES string of the molecule is CC(C)(C)C1CC(C(=O)O)(S(=O)(=O)c2ccc(-c3ccc(OCC(F)(F)F)cc3)nc2)CCO1. The number of carboxylic acids is 1. The number of pyridine rings is 1. The molecule has 0 aliphatic carbocycles. The molecule has 2 unspecified atom stereocenters. The first-order valence-corrected chi connectivity index (χ1v) is 12.0. The van der Waals surface area contributed by atoms with Crippen molar-refractivity contribution >= 4 is 15.8 Å². The molecule has 34 heavy (non-hydrogen) atoms. The zero-order valence-corrected chi connectivity index (χ0v) is 19.7. The Morgan fingerprint density at radius 2 is 1.82 bits per heavy atom. The van der Waals surface area contributed by atoms with Crippen LogP contribution in [0.4, 0.5) is 13.2 Å². The smallest absolute Gasteiger partial charge is 0.422 e. The normalized spacial score (nSPS) is 21.8. The lowest BCUT2D eigenvalue weighted by Gasteiger charge is -2.42. The van der Waals surface area contributed by atoms with Gasteiger partial charge in [0.25, 0.3) is 0 Å². The number of ether oxygens (including phenoxy) is 2. The molecule has 1 N–H and O–H groups in total. The quantitative estimate of drug-likeness (QED) is 0.621. The van der Waals surface area contributed by atoms with Crippen LogP contribution in [-0.2, 0) is 19.4 Å². The summed E-state index contributed by atoms with van der Waals surface area (Å²) >= 11 is 0. The first-order chi connectivity index (χ1) is 15.7. The number of carbonyl (C=O) groups is 1. The number of sulfone groups is 1. The third-order valence-corrected chi connectivity index (χ3v) is 8.25. The Bertz CT molecular complexity index is 1130. The summed E-state index contributed by atoms with van der Waals surface area (Å²) in [5.74, 6) is -1.40. The van der Waals surface area contributed by atoms with E-state index in [1.54, 1.807) is 0 Å². The average Bonchev–Trinajstić information content (AvgIpc) is 2.77. The van der Waals surface area contributed by atoms with Crippen LogP contribution in [0.25, 0.3) is 11.3 Å². The minimum atomic E-state index is -4.45. The molecule has 7 nitrogen and oxygen atoms in total. The van der Waals surface area contributed by atoms with E-state index in [9.17, 15) is 31.5 Å². The summed E-state index contributed by atoms with van der Waals surface area (Å²) in [5, 5.41) is 9.98. The molecule has 1 aromatic heterocycles. The molecule has 1 aliphatic heterocycles. The van der Waals surface area contributed by atoms with Crippen LogP contribution >= 0.6 is 0 Å². The van der Waals surface area contributed by atoms with Crippen molar-refractivity contribution in [1.82, 2.24) is 4.98 Å². The van der Waals surface area contributed by atoms with Crippen molar-refractivity contribution in [1.29, 1.82) is 0 Å². The molecule has 0 radical (unpaired) electrons. The molecule has 0 spiro atoms. The molecule has 1 saturated heterocycles. The van der Waals surface area contributed by atoms with Crippen molar-refractivity contribution in [2.24, 2.45) is 5.41 Å². The molecule has 0 saturated carbocycles. The van der Waals surface area contributed by atoms with Crippen LogP contribution in [0.2, 0.25) is 0 Å². The fourth-order valence-electron chi connectivity index (χ4n) is 3.76. The molecule has 2 heterocycles. The highest BCUT2D eigenvalue weighted by molar-refractivity contribution is 7.93. The standard InChI is InChI=1S/C23H26F3NO6S/c1-21(2,3)19-12-22(20(28)29,10-11-32-19)34(30,31)17-8-9-18(27-13-17)15-4-6-16(7-5-15)33-14-23(24,25)26/h4-9,13,19H,10-12,14H2,1-3H3,(H,28,29). The van der Waals surface area contributed by atoms with Gasteiger partial charge in [-0.25, -0.2) is 8.42 Å². The lowest BCUT2D eigenvalue weighted by atomic mass is 9.80. The molecule has 3 rings (SSSR count). The van der Waals surface area contributed by atoms with Gasteiger partial charge in [-0.05, 0) is 41.8 Å². The predicted molar refractivity (Wildman–Crippen MR) is 117 cm³/mol. The zero-order chi connectivity index (χ0) is 25.4. The van der Waals surface area contributed by atoms with Gasteiger partial charge in [0.1, 0.15) is 5.75 Å². The molecule has 2 aromatic rings. The fourth-order valence-corrected chi connectivity index (χ4v) is 5.60. The third-order valence-electron chi connectivity index (χ3n) is 5.81. The number of hydrogen-bond donors (Lipinski definition) is 1. The molecule has 0 bridgehead atoms. The van der Waals surface area contributed by atoms with Gasteiger partial charge in [-0.15, -0.1) is 0 Å². The molecular weight excluding hydrogens is 475 g/mol. The van der Waals surface area contributed by atoms with Crippen molar-refractivity contribution in [2.75, 3.05) is 13.2 Å². The molecule has 1 aromatic carbocycles. The highest BCUT2D eigenvalue weighted by Gasteiger charge is 2.56. The van der Waals surface area contributed by atoms with Gasteiger partial charge in [-0.3, -0.25) is 9.78 Å². The minimum Gasteiger partial charge on any atom is -0.484 e. The van der Waals surface area contributed by atoms with E-state index in [1.165, 1.54) is 36.4 Å². The predicted octanol–water partition coefficient (Wildman–Crippen LogP) is 4.51. The lowest BCUT2D eigenvalue weighted by molar-refractivity contribution is -0.153. The molecule has 0 amide bonds. The largest absolute Gasteiger partial charge is 0.484 e. The van der Waals surface area contributed by atoms with Crippen LogP contribution < -0.4 is 4.74 Å². The summed E-state index contributed by atoms with van der Waals surface area (Å²) in [6.07, 6.45) is -4.28. The van der Waals surface area contributed by atoms with Crippen LogP contribution in [0.3, 0.4) is 0 Å². The maximum absolute atomic E-state index is 13.5. The van der Waals surface area contributed by atoms with E-state index < -0.39 is 44.9 Å². The van der Waals surface area contributed by atoms with E-state index in [0.29, 0.717) is 11.3 Å². The van der Waals surface area contributed by atoms with E-state index >= 15 is 0 Å². The van der Waals surface area contributed by atoms with E-state index in [0.717, 1.165) is 6.20 Å². The molecule has 11 heteroatoms. The van der Waals surface area contributed by atoms with Gasteiger partial charge < -0.3 is 14.6 Å². The molecular formula is C23H26F3NO6S. The maximum Gasteiger partial charge on any atom is 0.422 e. The number of halogens is 3. The summed E-state index contributed by atoms with van der Waals surface area (Å²) in [4.78, 5) is 16.2. The van der Waals surface area contributed by atoms with Gasteiger partial charge in [0.05, 0.1) is 16.7 Å². The molecule has 1 fully saturated rings. The Hall–Kier alpha value is -2.66. The van der Waals surface area contributed by atoms with Crippen LogP contribution in [0.15, 0.2) is 47.5 Å². The summed E-state index contributed by atoms with van der Waals surface area (Å²) in [6, 6.07) is 8.40. The summed E-state index contributed by atoms with van der Waals surface area (Å²) in [7, 11) is -4.31. The number of aromatic nitrogens is 1. The second kappa shape index (κ2) is 9.18. The number of hydrogen-bond acceptors (Lipinski definition) is 6. The second-order valence-corrected chi connectivity index (χ2v) is 11.5. The highest BCUT2D eigenvalue weighted by atomic mass is 32.2. The molecule has 1 aliphatic rings. The van der Waals surface area contributed by atoms with Crippen LogP contribution in [0.5, 0.6) is 5.75 Å². The first-order valence-electron chi connectivity index (χ1n) is 10.5. The van der Waals surface area contributed by atoms with E-state index in [4.69, 9.17) is 4.74 Å². The summed E-state index contributed by atoms with van der Waals surface area (Å²) in [5.41, 5.74) is 0.440.